The first kappa shape index (κ1) is 16.6. The number of rotatable bonds is 6. The van der Waals surface area contributed by atoms with Crippen LogP contribution in [0.1, 0.15) is 21.7 Å². The molecule has 3 N–H and O–H groups in total. The number of hydrogen-bond acceptors (Lipinski definition) is 6. The van der Waals surface area contributed by atoms with E-state index >= 15 is 0 Å². The summed E-state index contributed by atoms with van der Waals surface area (Å²) in [5, 5.41) is 8.82. The van der Waals surface area contributed by atoms with Crippen molar-refractivity contribution in [3.8, 4) is 5.75 Å². The molecule has 0 atom stereocenters. The van der Waals surface area contributed by atoms with Gasteiger partial charge in [0.2, 0.25) is 5.91 Å². The van der Waals surface area contributed by atoms with Crippen molar-refractivity contribution in [2.45, 2.75) is 6.54 Å². The highest BCUT2D eigenvalue weighted by Gasteiger charge is 2.26. The molecule has 0 bridgehead atoms. The van der Waals surface area contributed by atoms with Gasteiger partial charge < -0.3 is 25.1 Å². The van der Waals surface area contributed by atoms with Gasteiger partial charge in [-0.25, -0.2) is 0 Å². The van der Waals surface area contributed by atoms with Crippen molar-refractivity contribution in [3.63, 3.8) is 0 Å². The van der Waals surface area contributed by atoms with E-state index in [1.54, 1.807) is 37.6 Å². The number of ether oxygens (including phenoxy) is 1. The molecule has 130 valence electrons. The van der Waals surface area contributed by atoms with E-state index in [2.05, 4.69) is 16.0 Å². The number of fused-ring (bicyclic) bond motifs is 1. The third-order valence-electron chi connectivity index (χ3n) is 3.94. The van der Waals surface area contributed by atoms with Gasteiger partial charge in [0, 0.05) is 29.9 Å². The Bertz CT molecular complexity index is 825. The van der Waals surface area contributed by atoms with Crippen LogP contribution in [-0.4, -0.2) is 32.4 Å². The van der Waals surface area contributed by atoms with Crippen LogP contribution in [0.4, 0.5) is 11.4 Å². The summed E-state index contributed by atoms with van der Waals surface area (Å²) in [6.07, 6.45) is 4.64. The topological polar surface area (TPSA) is 92.6 Å². The molecule has 0 unspecified atom stereocenters. The molecule has 0 aliphatic carbocycles. The zero-order valence-corrected chi connectivity index (χ0v) is 14.0. The zero-order chi connectivity index (χ0) is 17.8. The third-order valence-corrected chi connectivity index (χ3v) is 3.94. The predicted octanol–water partition coefficient (Wildman–Crippen LogP) is 2.27. The molecule has 0 saturated carbocycles. The van der Waals surface area contributed by atoms with Gasteiger partial charge in [-0.05, 0) is 24.3 Å². The van der Waals surface area contributed by atoms with Crippen LogP contribution < -0.4 is 20.7 Å². The Morgan fingerprint density at radius 1 is 1.48 bits per heavy atom. The second-order valence-electron chi connectivity index (χ2n) is 5.45. The second kappa shape index (κ2) is 7.12. The second-order valence-corrected chi connectivity index (χ2v) is 5.45. The molecule has 1 aliphatic heterocycles. The van der Waals surface area contributed by atoms with Gasteiger partial charge in [0.15, 0.2) is 11.5 Å². The van der Waals surface area contributed by atoms with Gasteiger partial charge in [-0.2, -0.15) is 0 Å². The number of carbonyl (C=O) groups is 2. The van der Waals surface area contributed by atoms with E-state index in [4.69, 9.17) is 9.15 Å². The number of hydrogen-bond donors (Lipinski definition) is 3. The van der Waals surface area contributed by atoms with Gasteiger partial charge in [0.05, 0.1) is 32.1 Å². The lowest BCUT2D eigenvalue weighted by Gasteiger charge is -2.15. The average Bonchev–Trinajstić information content (AvgIpc) is 3.27. The molecule has 1 aromatic carbocycles. The molecule has 0 saturated heterocycles. The largest absolute Gasteiger partial charge is 0.494 e. The number of ketones is 1. The maximum absolute atomic E-state index is 12.0. The first-order valence-corrected chi connectivity index (χ1v) is 7.82. The lowest BCUT2D eigenvalue weighted by atomic mass is 10.0. The molecular weight excluding hydrogens is 322 g/mol. The Morgan fingerprint density at radius 2 is 2.32 bits per heavy atom. The standard InChI is InChI=1S/C18H19N3O4/c1-19-14-8-13-15(22)10-21-17(13)18(24-2)12(14)5-6-16(23)20-9-11-4-3-7-25-11/h3-8,19,21H,9-10H2,1-2H3,(H,20,23)/b6-5+. The summed E-state index contributed by atoms with van der Waals surface area (Å²) in [7, 11) is 3.29. The van der Waals surface area contributed by atoms with Crippen molar-refractivity contribution in [3.05, 3.63) is 47.4 Å². The summed E-state index contributed by atoms with van der Waals surface area (Å²) >= 11 is 0. The van der Waals surface area contributed by atoms with Gasteiger partial charge >= 0.3 is 0 Å². The predicted molar refractivity (Wildman–Crippen MR) is 94.9 cm³/mol. The Balaban J connectivity index is 1.83. The molecule has 0 fully saturated rings. The van der Waals surface area contributed by atoms with Gasteiger partial charge in [0.25, 0.3) is 0 Å². The van der Waals surface area contributed by atoms with Crippen molar-refractivity contribution in [2.24, 2.45) is 0 Å². The minimum absolute atomic E-state index is 0.0107. The highest BCUT2D eigenvalue weighted by Crippen LogP contribution is 2.41. The van der Waals surface area contributed by atoms with Gasteiger partial charge in [-0.3, -0.25) is 9.59 Å². The molecule has 1 aromatic heterocycles. The Morgan fingerprint density at radius 3 is 3.00 bits per heavy atom. The number of nitrogens with one attached hydrogen (secondary N) is 3. The van der Waals surface area contributed by atoms with E-state index in [9.17, 15) is 9.59 Å². The molecular formula is C18H19N3O4. The molecule has 7 nitrogen and oxygen atoms in total. The summed E-state index contributed by atoms with van der Waals surface area (Å²) in [6, 6.07) is 5.32. The van der Waals surface area contributed by atoms with Crippen LogP contribution in [0.2, 0.25) is 0 Å². The van der Waals surface area contributed by atoms with E-state index in [0.717, 1.165) is 0 Å². The zero-order valence-electron chi connectivity index (χ0n) is 14.0. The van der Waals surface area contributed by atoms with Crippen LogP contribution in [0.5, 0.6) is 5.75 Å². The molecule has 1 amide bonds. The van der Waals surface area contributed by atoms with Crippen LogP contribution in [0.3, 0.4) is 0 Å². The fourth-order valence-corrected chi connectivity index (χ4v) is 2.72. The quantitative estimate of drug-likeness (QED) is 0.698. The van der Waals surface area contributed by atoms with Gasteiger partial charge in [-0.1, -0.05) is 0 Å². The normalized spacial score (nSPS) is 12.8. The first-order chi connectivity index (χ1) is 12.1. The fraction of sp³-hybridized carbons (Fsp3) is 0.222. The van der Waals surface area contributed by atoms with Crippen molar-refractivity contribution in [2.75, 3.05) is 31.3 Å². The minimum Gasteiger partial charge on any atom is -0.494 e. The van der Waals surface area contributed by atoms with Crippen LogP contribution >= 0.6 is 0 Å². The number of carbonyl (C=O) groups excluding carboxylic acids is 2. The molecule has 2 heterocycles. The highest BCUT2D eigenvalue weighted by atomic mass is 16.5. The molecule has 3 rings (SSSR count). The van der Waals surface area contributed by atoms with Crippen LogP contribution in [0.25, 0.3) is 6.08 Å². The number of furan rings is 1. The third kappa shape index (κ3) is 3.35. The molecule has 2 aromatic rings. The van der Waals surface area contributed by atoms with Gasteiger partial charge in [0.1, 0.15) is 5.76 Å². The molecule has 0 radical (unpaired) electrons. The minimum atomic E-state index is -0.259. The smallest absolute Gasteiger partial charge is 0.244 e. The number of Topliss-reactive ketones (excluding diaryl/α,β-unsaturated/α-hetero) is 1. The number of benzene rings is 1. The van der Waals surface area contributed by atoms with Crippen molar-refractivity contribution >= 4 is 29.1 Å². The van der Waals surface area contributed by atoms with Gasteiger partial charge in [-0.15, -0.1) is 0 Å². The Kier molecular flexibility index (Phi) is 4.74. The monoisotopic (exact) mass is 341 g/mol. The number of methoxy groups -OCH3 is 1. The molecule has 7 heteroatoms. The summed E-state index contributed by atoms with van der Waals surface area (Å²) in [5.41, 5.74) is 2.64. The number of anilines is 2. The Labute approximate surface area is 145 Å². The highest BCUT2D eigenvalue weighted by molar-refractivity contribution is 6.11. The Hall–Kier alpha value is -3.22. The van der Waals surface area contributed by atoms with E-state index in [1.807, 2.05) is 0 Å². The first-order valence-electron chi connectivity index (χ1n) is 7.82. The maximum atomic E-state index is 12.0. The molecule has 1 aliphatic rings. The van der Waals surface area contributed by atoms with E-state index < -0.39 is 0 Å². The lowest BCUT2D eigenvalue weighted by Crippen LogP contribution is -2.19. The van der Waals surface area contributed by atoms with Crippen molar-refractivity contribution in [1.29, 1.82) is 0 Å². The fourth-order valence-electron chi connectivity index (χ4n) is 2.72. The van der Waals surface area contributed by atoms with Crippen molar-refractivity contribution in [1.82, 2.24) is 5.32 Å². The maximum Gasteiger partial charge on any atom is 0.244 e. The molecule has 25 heavy (non-hydrogen) atoms. The van der Waals surface area contributed by atoms with Crippen LogP contribution in [0, 0.1) is 0 Å². The number of amides is 1. The average molecular weight is 341 g/mol. The van der Waals surface area contributed by atoms with Crippen LogP contribution in [0.15, 0.2) is 35.0 Å². The summed E-state index contributed by atoms with van der Waals surface area (Å²) < 4.78 is 10.6. The van der Waals surface area contributed by atoms with E-state index in [1.165, 1.54) is 13.2 Å². The van der Waals surface area contributed by atoms with E-state index in [-0.39, 0.29) is 18.2 Å². The lowest BCUT2D eigenvalue weighted by molar-refractivity contribution is -0.116. The van der Waals surface area contributed by atoms with Crippen molar-refractivity contribution < 1.29 is 18.7 Å². The van der Waals surface area contributed by atoms with E-state index in [0.29, 0.717) is 40.6 Å². The summed E-state index contributed by atoms with van der Waals surface area (Å²) in [6.45, 7) is 0.554. The van der Waals surface area contributed by atoms with Crippen LogP contribution in [-0.2, 0) is 11.3 Å². The SMILES string of the molecule is CNc1cc2c(c(OC)c1/C=C/C(=O)NCc1ccco1)NCC2=O. The molecule has 0 spiro atoms. The summed E-state index contributed by atoms with van der Waals surface area (Å²) in [4.78, 5) is 24.0. The summed E-state index contributed by atoms with van der Waals surface area (Å²) in [5.74, 6) is 0.958.